The van der Waals surface area contributed by atoms with Crippen molar-refractivity contribution in [2.24, 2.45) is 0 Å². The van der Waals surface area contributed by atoms with E-state index in [2.05, 4.69) is 4.98 Å². The van der Waals surface area contributed by atoms with E-state index in [0.29, 0.717) is 4.88 Å². The third kappa shape index (κ3) is 5.29. The molecule has 164 valence electrons. The van der Waals surface area contributed by atoms with Gasteiger partial charge in [0, 0.05) is 23.7 Å². The number of benzene rings is 1. The lowest BCUT2D eigenvalue weighted by molar-refractivity contribution is -0.263. The minimum Gasteiger partial charge on any atom is -0.496 e. The molecule has 3 aromatic rings. The molecule has 0 bridgehead atoms. The number of methoxy groups -OCH3 is 1. The summed E-state index contributed by atoms with van der Waals surface area (Å²) in [4.78, 5) is 4.37. The molecule has 2 aromatic heterocycles. The largest absolute Gasteiger partial charge is 0.496 e. The zero-order chi connectivity index (χ0) is 22.5. The standard InChI is InChI=1S/C20H19F4NO2S.C2H6/c1-12(16-8-14(21)3-4-17(16)27-2)9-19(26,20(22,23)24)10-15-7-13-5-6-25-11-18(13)28-15;1-2/h3-8,11-12,26H,9-10H2,1-2H3;1-2H3. The maximum Gasteiger partial charge on any atom is 0.417 e. The SMILES string of the molecule is CC.COc1ccc(F)cc1C(C)CC(O)(Cc1cc2ccncc2s1)C(F)(F)F. The summed E-state index contributed by atoms with van der Waals surface area (Å²) in [5, 5.41) is 11.4. The number of aromatic nitrogens is 1. The molecule has 2 heterocycles. The van der Waals surface area contributed by atoms with E-state index in [1.54, 1.807) is 24.5 Å². The number of hydrogen-bond acceptors (Lipinski definition) is 4. The highest BCUT2D eigenvalue weighted by Crippen LogP contribution is 2.43. The first-order valence-corrected chi connectivity index (χ1v) is 10.4. The van der Waals surface area contributed by atoms with Gasteiger partial charge in [0.05, 0.1) is 11.8 Å². The molecule has 0 spiro atoms. The van der Waals surface area contributed by atoms with Gasteiger partial charge in [0.25, 0.3) is 0 Å². The summed E-state index contributed by atoms with van der Waals surface area (Å²) in [5.74, 6) is -1.07. The molecule has 2 unspecified atom stereocenters. The number of thiophene rings is 1. The Morgan fingerprint density at radius 3 is 2.47 bits per heavy atom. The molecule has 0 saturated heterocycles. The van der Waals surface area contributed by atoms with Crippen LogP contribution in [0.1, 0.15) is 43.6 Å². The Balaban J connectivity index is 0.00000155. The topological polar surface area (TPSA) is 42.4 Å². The average molecular weight is 444 g/mol. The first kappa shape index (κ1) is 24.1. The monoisotopic (exact) mass is 443 g/mol. The van der Waals surface area contributed by atoms with E-state index in [1.165, 1.54) is 37.5 Å². The van der Waals surface area contributed by atoms with E-state index in [4.69, 9.17) is 4.74 Å². The van der Waals surface area contributed by atoms with Gasteiger partial charge in [0.1, 0.15) is 11.6 Å². The van der Waals surface area contributed by atoms with Gasteiger partial charge >= 0.3 is 6.18 Å². The number of pyridine rings is 1. The first-order chi connectivity index (χ1) is 14.1. The van der Waals surface area contributed by atoms with Gasteiger partial charge in [-0.1, -0.05) is 20.8 Å². The van der Waals surface area contributed by atoms with Gasteiger partial charge in [-0.05, 0) is 53.6 Å². The molecule has 3 nitrogen and oxygen atoms in total. The zero-order valence-corrected chi connectivity index (χ0v) is 18.1. The van der Waals surface area contributed by atoms with E-state index in [-0.39, 0.29) is 11.3 Å². The van der Waals surface area contributed by atoms with E-state index in [1.807, 2.05) is 13.8 Å². The maximum absolute atomic E-state index is 13.8. The number of halogens is 4. The molecule has 0 aliphatic rings. The summed E-state index contributed by atoms with van der Waals surface area (Å²) in [5.41, 5.74) is -2.68. The fourth-order valence-electron chi connectivity index (χ4n) is 3.31. The zero-order valence-electron chi connectivity index (χ0n) is 17.3. The number of nitrogens with zero attached hydrogens (tertiary/aromatic N) is 1. The minimum atomic E-state index is -4.85. The molecule has 0 amide bonds. The van der Waals surface area contributed by atoms with E-state index >= 15 is 0 Å². The molecule has 8 heteroatoms. The average Bonchev–Trinajstić information content (AvgIpc) is 3.10. The fraction of sp³-hybridized carbons (Fsp3) is 0.409. The smallest absolute Gasteiger partial charge is 0.417 e. The van der Waals surface area contributed by atoms with Gasteiger partial charge in [-0.3, -0.25) is 4.98 Å². The molecule has 1 aromatic carbocycles. The van der Waals surface area contributed by atoms with Crippen LogP contribution >= 0.6 is 11.3 Å². The number of ether oxygens (including phenoxy) is 1. The second-order valence-corrected chi connectivity index (χ2v) is 7.99. The Kier molecular flexibility index (Phi) is 7.82. The van der Waals surface area contributed by atoms with Crippen molar-refractivity contribution >= 4 is 21.4 Å². The third-order valence-corrected chi connectivity index (χ3v) is 5.82. The Morgan fingerprint density at radius 1 is 1.17 bits per heavy atom. The van der Waals surface area contributed by atoms with Crippen molar-refractivity contribution in [3.63, 3.8) is 0 Å². The predicted octanol–water partition coefficient (Wildman–Crippen LogP) is 6.50. The normalized spacial score (nSPS) is 14.6. The summed E-state index contributed by atoms with van der Waals surface area (Å²) < 4.78 is 61.0. The van der Waals surface area contributed by atoms with Crippen LogP contribution in [0.3, 0.4) is 0 Å². The molecule has 3 rings (SSSR count). The lowest BCUT2D eigenvalue weighted by atomic mass is 9.83. The van der Waals surface area contributed by atoms with Gasteiger partial charge in [0.2, 0.25) is 0 Å². The highest BCUT2D eigenvalue weighted by molar-refractivity contribution is 7.19. The molecule has 0 aliphatic carbocycles. The number of hydrogen-bond donors (Lipinski definition) is 1. The number of fused-ring (bicyclic) bond motifs is 1. The third-order valence-electron chi connectivity index (χ3n) is 4.73. The summed E-state index contributed by atoms with van der Waals surface area (Å²) >= 11 is 1.17. The molecule has 0 fully saturated rings. The van der Waals surface area contributed by atoms with E-state index < -0.39 is 36.4 Å². The lowest BCUT2D eigenvalue weighted by Crippen LogP contribution is -2.47. The van der Waals surface area contributed by atoms with Crippen molar-refractivity contribution in [1.29, 1.82) is 0 Å². The number of alkyl halides is 3. The van der Waals surface area contributed by atoms with Crippen molar-refractivity contribution in [2.45, 2.75) is 51.3 Å². The van der Waals surface area contributed by atoms with Crippen molar-refractivity contribution in [2.75, 3.05) is 7.11 Å². The second kappa shape index (κ2) is 9.75. The van der Waals surface area contributed by atoms with Crippen LogP contribution in [0, 0.1) is 5.82 Å². The van der Waals surface area contributed by atoms with Gasteiger partial charge in [-0.25, -0.2) is 4.39 Å². The van der Waals surface area contributed by atoms with Crippen molar-refractivity contribution < 1.29 is 27.4 Å². The van der Waals surface area contributed by atoms with Crippen LogP contribution in [-0.4, -0.2) is 29.0 Å². The fourth-order valence-corrected chi connectivity index (χ4v) is 4.45. The molecular weight excluding hydrogens is 418 g/mol. The van der Waals surface area contributed by atoms with Crippen LogP contribution in [0.5, 0.6) is 5.75 Å². The molecule has 30 heavy (non-hydrogen) atoms. The molecule has 1 N–H and O–H groups in total. The minimum absolute atomic E-state index is 0.283. The van der Waals surface area contributed by atoms with Crippen LogP contribution in [0.15, 0.2) is 42.7 Å². The van der Waals surface area contributed by atoms with Crippen LogP contribution in [0.2, 0.25) is 0 Å². The molecule has 0 radical (unpaired) electrons. The summed E-state index contributed by atoms with van der Waals surface area (Å²) in [6.07, 6.45) is -2.92. The molecule has 0 saturated carbocycles. The van der Waals surface area contributed by atoms with Gasteiger partial charge < -0.3 is 9.84 Å². The predicted molar refractivity (Wildman–Crippen MR) is 112 cm³/mol. The Bertz CT molecular complexity index is 940. The number of rotatable bonds is 6. The summed E-state index contributed by atoms with van der Waals surface area (Å²) in [6.45, 7) is 5.52. The quantitative estimate of drug-likeness (QED) is 0.442. The Morgan fingerprint density at radius 2 is 1.87 bits per heavy atom. The number of aliphatic hydroxyl groups is 1. The van der Waals surface area contributed by atoms with Gasteiger partial charge in [-0.2, -0.15) is 13.2 Å². The molecule has 0 aliphatic heterocycles. The van der Waals surface area contributed by atoms with E-state index in [9.17, 15) is 22.7 Å². The maximum atomic E-state index is 13.8. The van der Waals surface area contributed by atoms with Crippen molar-refractivity contribution in [3.8, 4) is 5.75 Å². The summed E-state index contributed by atoms with van der Waals surface area (Å²) in [6, 6.07) is 7.03. The highest BCUT2D eigenvalue weighted by atomic mass is 32.1. The highest BCUT2D eigenvalue weighted by Gasteiger charge is 2.54. The Labute approximate surface area is 177 Å². The molecular formula is C22H25F4NO2S. The molecule has 2 atom stereocenters. The van der Waals surface area contributed by atoms with Crippen LogP contribution < -0.4 is 4.74 Å². The van der Waals surface area contributed by atoms with Gasteiger partial charge in [-0.15, -0.1) is 11.3 Å². The van der Waals surface area contributed by atoms with Gasteiger partial charge in [0.15, 0.2) is 5.60 Å². The van der Waals surface area contributed by atoms with Crippen LogP contribution in [0.25, 0.3) is 10.1 Å². The van der Waals surface area contributed by atoms with Crippen LogP contribution in [-0.2, 0) is 6.42 Å². The lowest BCUT2D eigenvalue weighted by Gasteiger charge is -2.33. The first-order valence-electron chi connectivity index (χ1n) is 9.58. The van der Waals surface area contributed by atoms with Crippen LogP contribution in [0.4, 0.5) is 17.6 Å². The van der Waals surface area contributed by atoms with E-state index in [0.717, 1.165) is 16.2 Å². The van der Waals surface area contributed by atoms with Crippen molar-refractivity contribution in [1.82, 2.24) is 4.98 Å². The Hall–Kier alpha value is -2.19. The summed E-state index contributed by atoms with van der Waals surface area (Å²) in [7, 11) is 1.37. The second-order valence-electron chi connectivity index (χ2n) is 6.82. The van der Waals surface area contributed by atoms with Crippen molar-refractivity contribution in [3.05, 3.63) is 59.0 Å².